The van der Waals surface area contributed by atoms with Crippen LogP contribution in [0.3, 0.4) is 0 Å². The molecule has 2 amide bonds. The van der Waals surface area contributed by atoms with E-state index in [1.165, 1.54) is 6.42 Å². The molecule has 6 nitrogen and oxygen atoms in total. The molecule has 2 fully saturated rings. The van der Waals surface area contributed by atoms with Gasteiger partial charge in [-0.1, -0.05) is 67.4 Å². The van der Waals surface area contributed by atoms with Crippen LogP contribution < -0.4 is 5.32 Å². The molecule has 2 aromatic rings. The van der Waals surface area contributed by atoms with E-state index < -0.39 is 6.04 Å². The number of hydrogen-bond donors (Lipinski definition) is 2. The zero-order chi connectivity index (χ0) is 22.7. The molecular weight excluding hydrogens is 469 g/mol. The van der Waals surface area contributed by atoms with E-state index in [0.29, 0.717) is 5.56 Å². The summed E-state index contributed by atoms with van der Waals surface area (Å²) in [7, 11) is 0. The number of aromatic hydroxyl groups is 1. The molecule has 4 rings (SSSR count). The van der Waals surface area contributed by atoms with Crippen molar-refractivity contribution >= 4 is 46.5 Å². The van der Waals surface area contributed by atoms with Crippen LogP contribution in [0.4, 0.5) is 0 Å². The van der Waals surface area contributed by atoms with Gasteiger partial charge >= 0.3 is 0 Å². The minimum atomic E-state index is -0.843. The number of phenolic OH excluding ortho intramolecular Hbond substituents is 1. The lowest BCUT2D eigenvalue weighted by molar-refractivity contribution is -0.127. The summed E-state index contributed by atoms with van der Waals surface area (Å²) in [5.74, 6) is -0.490. The van der Waals surface area contributed by atoms with Gasteiger partial charge in [-0.05, 0) is 54.9 Å². The lowest BCUT2D eigenvalue weighted by Crippen LogP contribution is -2.50. The van der Waals surface area contributed by atoms with E-state index in [9.17, 15) is 14.7 Å². The molecule has 2 saturated carbocycles. The van der Waals surface area contributed by atoms with Gasteiger partial charge in [-0.2, -0.15) is 4.37 Å². The lowest BCUT2D eigenvalue weighted by Gasteiger charge is -2.37. The third-order valence-corrected chi connectivity index (χ3v) is 8.05. The summed E-state index contributed by atoms with van der Waals surface area (Å²) in [4.78, 5) is 29.1. The second-order valence-electron chi connectivity index (χ2n) is 8.61. The molecule has 0 aliphatic heterocycles. The summed E-state index contributed by atoms with van der Waals surface area (Å²) in [6.07, 6.45) is 8.86. The fraction of sp³-hybridized carbons (Fsp3) is 0.522. The van der Waals surface area contributed by atoms with Crippen molar-refractivity contribution in [3.05, 3.63) is 44.9 Å². The molecule has 2 N–H and O–H groups in total. The third kappa shape index (κ3) is 5.05. The fourth-order valence-electron chi connectivity index (χ4n) is 4.81. The maximum absolute atomic E-state index is 13.7. The van der Waals surface area contributed by atoms with Gasteiger partial charge in [0.05, 0.1) is 0 Å². The number of nitrogens with zero attached hydrogens (tertiary/aromatic N) is 2. The first-order valence-corrected chi connectivity index (χ1v) is 12.7. The average molecular weight is 496 g/mol. The van der Waals surface area contributed by atoms with Crippen molar-refractivity contribution in [2.75, 3.05) is 0 Å². The number of halogens is 2. The predicted molar refractivity (Wildman–Crippen MR) is 126 cm³/mol. The first-order chi connectivity index (χ1) is 15.5. The highest BCUT2D eigenvalue weighted by molar-refractivity contribution is 7.11. The Morgan fingerprint density at radius 1 is 1.03 bits per heavy atom. The minimum absolute atomic E-state index is 0.0859. The standard InChI is InChI=1S/C23H27Cl2N3O3S/c24-18-19(27-32-21(18)25)23(31)28(16-8-4-5-9-16)20(14-10-12-17(29)13-11-14)22(30)26-15-6-2-1-3-7-15/h10-13,15-16,20,29H,1-9H2,(H,26,30). The summed E-state index contributed by atoms with van der Waals surface area (Å²) in [5, 5.41) is 13.1. The summed E-state index contributed by atoms with van der Waals surface area (Å²) >= 11 is 13.4. The zero-order valence-corrected chi connectivity index (χ0v) is 20.1. The molecule has 0 bridgehead atoms. The summed E-state index contributed by atoms with van der Waals surface area (Å²) < 4.78 is 4.45. The SMILES string of the molecule is O=C(NC1CCCCC1)C(c1ccc(O)cc1)N(C(=O)c1nsc(Cl)c1Cl)C1CCCC1. The van der Waals surface area contributed by atoms with Crippen LogP contribution in [0.2, 0.25) is 9.36 Å². The Morgan fingerprint density at radius 2 is 1.66 bits per heavy atom. The van der Waals surface area contributed by atoms with E-state index in [1.54, 1.807) is 29.2 Å². The topological polar surface area (TPSA) is 82.5 Å². The first kappa shape index (κ1) is 23.3. The van der Waals surface area contributed by atoms with Gasteiger partial charge in [0.15, 0.2) is 5.69 Å². The molecule has 1 aromatic carbocycles. The quantitative estimate of drug-likeness (QED) is 0.535. The van der Waals surface area contributed by atoms with Crippen molar-refractivity contribution < 1.29 is 14.7 Å². The Morgan fingerprint density at radius 3 is 2.25 bits per heavy atom. The van der Waals surface area contributed by atoms with E-state index in [4.69, 9.17) is 23.2 Å². The molecule has 172 valence electrons. The Hall–Kier alpha value is -1.83. The van der Waals surface area contributed by atoms with Crippen LogP contribution in [-0.4, -0.2) is 38.3 Å². The van der Waals surface area contributed by atoms with Crippen molar-refractivity contribution in [1.82, 2.24) is 14.6 Å². The van der Waals surface area contributed by atoms with Gasteiger partial charge in [0, 0.05) is 12.1 Å². The van der Waals surface area contributed by atoms with Crippen LogP contribution in [0, 0.1) is 0 Å². The Kier molecular flexibility index (Phi) is 7.59. The number of amides is 2. The second-order valence-corrected chi connectivity index (χ2v) is 10.4. The molecule has 32 heavy (non-hydrogen) atoms. The van der Waals surface area contributed by atoms with E-state index in [1.807, 2.05) is 0 Å². The molecular formula is C23H27Cl2N3O3S. The minimum Gasteiger partial charge on any atom is -0.508 e. The Labute approximate surface area is 202 Å². The van der Waals surface area contributed by atoms with E-state index >= 15 is 0 Å². The zero-order valence-electron chi connectivity index (χ0n) is 17.7. The summed E-state index contributed by atoms with van der Waals surface area (Å²) in [5.41, 5.74) is 0.733. The van der Waals surface area contributed by atoms with Gasteiger partial charge in [0.25, 0.3) is 5.91 Å². The van der Waals surface area contributed by atoms with E-state index in [2.05, 4.69) is 9.69 Å². The molecule has 2 aliphatic carbocycles. The average Bonchev–Trinajstić information content (AvgIpc) is 3.43. The van der Waals surface area contributed by atoms with Gasteiger partial charge in [-0.3, -0.25) is 9.59 Å². The number of carbonyl (C=O) groups is 2. The van der Waals surface area contributed by atoms with Crippen LogP contribution in [0.25, 0.3) is 0 Å². The molecule has 1 heterocycles. The number of phenols is 1. The fourth-order valence-corrected chi connectivity index (χ4v) is 5.80. The van der Waals surface area contributed by atoms with Crippen LogP contribution >= 0.6 is 34.7 Å². The van der Waals surface area contributed by atoms with Crippen molar-refractivity contribution in [2.24, 2.45) is 0 Å². The maximum Gasteiger partial charge on any atom is 0.276 e. The van der Waals surface area contributed by atoms with Gasteiger partial charge in [0.1, 0.15) is 21.2 Å². The predicted octanol–water partition coefficient (Wildman–Crippen LogP) is 5.73. The number of nitrogens with one attached hydrogen (secondary N) is 1. The highest BCUT2D eigenvalue weighted by atomic mass is 35.5. The molecule has 9 heteroatoms. The summed E-state index contributed by atoms with van der Waals surface area (Å²) in [6.45, 7) is 0. The lowest BCUT2D eigenvalue weighted by atomic mass is 9.94. The van der Waals surface area contributed by atoms with Gasteiger partial charge in [-0.15, -0.1) is 0 Å². The number of hydrogen-bond acceptors (Lipinski definition) is 5. The Bertz CT molecular complexity index is 954. The summed E-state index contributed by atoms with van der Waals surface area (Å²) in [6, 6.07) is 5.64. The van der Waals surface area contributed by atoms with E-state index in [-0.39, 0.29) is 44.7 Å². The molecule has 0 spiro atoms. The number of carbonyl (C=O) groups excluding carboxylic acids is 2. The second kappa shape index (κ2) is 10.4. The van der Waals surface area contributed by atoms with Crippen LogP contribution in [0.15, 0.2) is 24.3 Å². The van der Waals surface area contributed by atoms with Gasteiger partial charge in [0.2, 0.25) is 5.91 Å². The monoisotopic (exact) mass is 495 g/mol. The highest BCUT2D eigenvalue weighted by Crippen LogP contribution is 2.37. The first-order valence-electron chi connectivity index (χ1n) is 11.2. The molecule has 0 saturated heterocycles. The normalized spacial score (nSPS) is 18.4. The third-order valence-electron chi connectivity index (χ3n) is 6.44. The van der Waals surface area contributed by atoms with E-state index in [0.717, 1.165) is 62.9 Å². The van der Waals surface area contributed by atoms with Gasteiger partial charge < -0.3 is 15.3 Å². The van der Waals surface area contributed by atoms with Gasteiger partial charge in [-0.25, -0.2) is 0 Å². The molecule has 2 aliphatic rings. The number of rotatable bonds is 6. The molecule has 1 atom stereocenters. The van der Waals surface area contributed by atoms with Crippen molar-refractivity contribution in [3.8, 4) is 5.75 Å². The van der Waals surface area contributed by atoms with Crippen LogP contribution in [0.1, 0.15) is 79.9 Å². The molecule has 0 radical (unpaired) electrons. The number of aromatic nitrogens is 1. The Balaban J connectivity index is 1.73. The van der Waals surface area contributed by atoms with Crippen LogP contribution in [-0.2, 0) is 4.79 Å². The molecule has 1 unspecified atom stereocenters. The van der Waals surface area contributed by atoms with Crippen molar-refractivity contribution in [1.29, 1.82) is 0 Å². The van der Waals surface area contributed by atoms with Crippen LogP contribution in [0.5, 0.6) is 5.75 Å². The number of benzene rings is 1. The smallest absolute Gasteiger partial charge is 0.276 e. The maximum atomic E-state index is 13.7. The highest BCUT2D eigenvalue weighted by Gasteiger charge is 2.40. The van der Waals surface area contributed by atoms with Crippen molar-refractivity contribution in [2.45, 2.75) is 75.9 Å². The molecule has 1 aromatic heterocycles. The largest absolute Gasteiger partial charge is 0.508 e. The van der Waals surface area contributed by atoms with Crippen molar-refractivity contribution in [3.63, 3.8) is 0 Å².